The zero-order valence-corrected chi connectivity index (χ0v) is 14.8. The Kier molecular flexibility index (Phi) is 6.41. The van der Waals surface area contributed by atoms with Crippen molar-refractivity contribution in [2.75, 3.05) is 0 Å². The van der Waals surface area contributed by atoms with E-state index in [1.54, 1.807) is 6.08 Å². The summed E-state index contributed by atoms with van der Waals surface area (Å²) in [5.41, 5.74) is 2.03. The first-order valence-electron chi connectivity index (χ1n) is 7.60. The highest BCUT2D eigenvalue weighted by molar-refractivity contribution is 9.10. The molecule has 1 aliphatic rings. The number of allylic oxidation sites excluding steroid dienone is 1. The molecule has 0 saturated carbocycles. The number of fused-ring (bicyclic) bond motifs is 1. The maximum absolute atomic E-state index is 11.4. The van der Waals surface area contributed by atoms with Gasteiger partial charge in [0.05, 0.1) is 4.47 Å². The van der Waals surface area contributed by atoms with E-state index in [0.717, 1.165) is 21.3 Å². The molecule has 0 radical (unpaired) electrons. The van der Waals surface area contributed by atoms with Gasteiger partial charge in [-0.3, -0.25) is 0 Å². The van der Waals surface area contributed by atoms with E-state index in [1.807, 2.05) is 56.3 Å². The van der Waals surface area contributed by atoms with Crippen LogP contribution in [-0.2, 0) is 17.8 Å². The van der Waals surface area contributed by atoms with Gasteiger partial charge in [-0.25, -0.2) is 4.79 Å². The average Bonchev–Trinajstić information content (AvgIpc) is 2.77. The summed E-state index contributed by atoms with van der Waals surface area (Å²) in [6.07, 6.45) is 3.88. The van der Waals surface area contributed by atoms with Crippen LogP contribution < -0.4 is 9.47 Å². The first-order valence-corrected chi connectivity index (χ1v) is 8.39. The van der Waals surface area contributed by atoms with Crippen molar-refractivity contribution < 1.29 is 14.3 Å². The molecule has 0 amide bonds. The SMILES string of the molecule is CC.O=C1C=CCc2cc(OCc3ccccc3)cc(Br)c2O1. The first kappa shape index (κ1) is 17.3. The van der Waals surface area contributed by atoms with Crippen molar-refractivity contribution >= 4 is 21.9 Å². The van der Waals surface area contributed by atoms with Crippen molar-refractivity contribution in [1.29, 1.82) is 0 Å². The van der Waals surface area contributed by atoms with Crippen molar-refractivity contribution in [3.63, 3.8) is 0 Å². The number of carbonyl (C=O) groups excluding carboxylic acids is 1. The number of rotatable bonds is 3. The minimum atomic E-state index is -0.354. The Morgan fingerprint density at radius 1 is 1.17 bits per heavy atom. The quantitative estimate of drug-likeness (QED) is 0.555. The van der Waals surface area contributed by atoms with Crippen LogP contribution in [0, 0.1) is 0 Å². The van der Waals surface area contributed by atoms with Gasteiger partial charge in [0.2, 0.25) is 0 Å². The van der Waals surface area contributed by atoms with Crippen LogP contribution >= 0.6 is 15.9 Å². The van der Waals surface area contributed by atoms with Crippen LogP contribution in [0.2, 0.25) is 0 Å². The number of benzene rings is 2. The Morgan fingerprint density at radius 3 is 2.65 bits per heavy atom. The largest absolute Gasteiger partial charge is 0.489 e. The minimum absolute atomic E-state index is 0.354. The average molecular weight is 375 g/mol. The number of hydrogen-bond acceptors (Lipinski definition) is 3. The molecular weight excluding hydrogens is 356 g/mol. The van der Waals surface area contributed by atoms with E-state index in [-0.39, 0.29) is 5.97 Å². The van der Waals surface area contributed by atoms with Crippen molar-refractivity contribution in [3.8, 4) is 11.5 Å². The first-order chi connectivity index (χ1) is 11.2. The fraction of sp³-hybridized carbons (Fsp3) is 0.211. The molecule has 0 aliphatic carbocycles. The van der Waals surface area contributed by atoms with Gasteiger partial charge in [0.15, 0.2) is 0 Å². The predicted octanol–water partition coefficient (Wildman–Crippen LogP) is 5.07. The van der Waals surface area contributed by atoms with Crippen LogP contribution in [0.4, 0.5) is 0 Å². The van der Waals surface area contributed by atoms with E-state index in [1.165, 1.54) is 6.08 Å². The summed E-state index contributed by atoms with van der Waals surface area (Å²) in [7, 11) is 0. The van der Waals surface area contributed by atoms with Crippen LogP contribution in [0.5, 0.6) is 11.5 Å². The summed E-state index contributed by atoms with van der Waals surface area (Å²) >= 11 is 3.44. The molecule has 0 atom stereocenters. The van der Waals surface area contributed by atoms with Gasteiger partial charge in [-0.2, -0.15) is 0 Å². The van der Waals surface area contributed by atoms with Crippen molar-refractivity contribution in [2.24, 2.45) is 0 Å². The predicted molar refractivity (Wildman–Crippen MR) is 94.7 cm³/mol. The third-order valence-corrected chi connectivity index (χ3v) is 3.73. The summed E-state index contributed by atoms with van der Waals surface area (Å²) in [5.74, 6) is 0.959. The summed E-state index contributed by atoms with van der Waals surface area (Å²) in [4.78, 5) is 11.4. The summed E-state index contributed by atoms with van der Waals surface area (Å²) in [6, 6.07) is 13.7. The van der Waals surface area contributed by atoms with Crippen molar-refractivity contribution in [1.82, 2.24) is 0 Å². The lowest BCUT2D eigenvalue weighted by molar-refractivity contribution is -0.128. The molecule has 2 aromatic rings. The zero-order valence-electron chi connectivity index (χ0n) is 13.2. The van der Waals surface area contributed by atoms with Crippen LogP contribution in [-0.4, -0.2) is 5.97 Å². The molecule has 23 heavy (non-hydrogen) atoms. The number of halogens is 1. The van der Waals surface area contributed by atoms with Gasteiger partial charge < -0.3 is 9.47 Å². The molecule has 1 heterocycles. The molecule has 0 bridgehead atoms. The number of hydrogen-bond donors (Lipinski definition) is 0. The maximum atomic E-state index is 11.4. The van der Waals surface area contributed by atoms with Gasteiger partial charge in [0, 0.05) is 11.6 Å². The number of esters is 1. The van der Waals surface area contributed by atoms with Crippen molar-refractivity contribution in [3.05, 3.63) is 70.2 Å². The molecule has 2 aromatic carbocycles. The van der Waals surface area contributed by atoms with Gasteiger partial charge in [0.1, 0.15) is 18.1 Å². The van der Waals surface area contributed by atoms with Gasteiger partial charge in [-0.1, -0.05) is 50.3 Å². The standard InChI is InChI=1S/C17H13BrO3.C2H6/c18-15-10-14(20-11-12-5-2-1-3-6-12)9-13-7-4-8-16(19)21-17(13)15;1-2/h1-6,8-10H,7,11H2;1-2H3. The van der Waals surface area contributed by atoms with E-state index in [9.17, 15) is 4.79 Å². The molecule has 0 spiro atoms. The molecular formula is C19H19BrO3. The summed E-state index contributed by atoms with van der Waals surface area (Å²) in [5, 5.41) is 0. The van der Waals surface area contributed by atoms with Crippen LogP contribution in [0.15, 0.2) is 59.1 Å². The monoisotopic (exact) mass is 374 g/mol. The van der Waals surface area contributed by atoms with Crippen LogP contribution in [0.25, 0.3) is 0 Å². The molecule has 0 saturated heterocycles. The molecule has 0 unspecified atom stereocenters. The van der Waals surface area contributed by atoms with Gasteiger partial charge in [-0.15, -0.1) is 0 Å². The second kappa shape index (κ2) is 8.53. The normalized spacial score (nSPS) is 12.4. The fourth-order valence-electron chi connectivity index (χ4n) is 2.13. The van der Waals surface area contributed by atoms with E-state index in [2.05, 4.69) is 15.9 Å². The van der Waals surface area contributed by atoms with Crippen LogP contribution in [0.1, 0.15) is 25.0 Å². The molecule has 120 valence electrons. The lowest BCUT2D eigenvalue weighted by Gasteiger charge is -2.12. The zero-order chi connectivity index (χ0) is 16.7. The Bertz CT molecular complexity index is 693. The van der Waals surface area contributed by atoms with E-state index < -0.39 is 0 Å². The lowest BCUT2D eigenvalue weighted by Crippen LogP contribution is -2.04. The van der Waals surface area contributed by atoms with Crippen LogP contribution in [0.3, 0.4) is 0 Å². The second-order valence-electron chi connectivity index (χ2n) is 4.70. The Labute approximate surface area is 145 Å². The smallest absolute Gasteiger partial charge is 0.335 e. The highest BCUT2D eigenvalue weighted by atomic mass is 79.9. The Balaban J connectivity index is 0.000000924. The Hall–Kier alpha value is -2.07. The molecule has 0 N–H and O–H groups in total. The van der Waals surface area contributed by atoms with Gasteiger partial charge >= 0.3 is 5.97 Å². The third kappa shape index (κ3) is 4.70. The van der Waals surface area contributed by atoms with E-state index in [0.29, 0.717) is 18.8 Å². The highest BCUT2D eigenvalue weighted by Gasteiger charge is 2.16. The molecule has 3 rings (SSSR count). The maximum Gasteiger partial charge on any atom is 0.335 e. The third-order valence-electron chi connectivity index (χ3n) is 3.14. The number of ether oxygens (including phenoxy) is 2. The molecule has 0 fully saturated rings. The van der Waals surface area contributed by atoms with Gasteiger partial charge in [0.25, 0.3) is 0 Å². The summed E-state index contributed by atoms with van der Waals surface area (Å²) in [6.45, 7) is 4.50. The topological polar surface area (TPSA) is 35.5 Å². The Morgan fingerprint density at radius 2 is 1.91 bits per heavy atom. The second-order valence-corrected chi connectivity index (χ2v) is 5.55. The van der Waals surface area contributed by atoms with Crippen molar-refractivity contribution in [2.45, 2.75) is 26.9 Å². The fourth-order valence-corrected chi connectivity index (χ4v) is 2.69. The van der Waals surface area contributed by atoms with E-state index >= 15 is 0 Å². The van der Waals surface area contributed by atoms with Gasteiger partial charge in [-0.05, 0) is 40.0 Å². The number of carbonyl (C=O) groups is 1. The highest BCUT2D eigenvalue weighted by Crippen LogP contribution is 2.35. The molecule has 3 nitrogen and oxygen atoms in total. The molecule has 1 aliphatic heterocycles. The lowest BCUT2D eigenvalue weighted by atomic mass is 10.1. The summed E-state index contributed by atoms with van der Waals surface area (Å²) < 4.78 is 11.8. The van der Waals surface area contributed by atoms with E-state index in [4.69, 9.17) is 9.47 Å². The molecule has 0 aromatic heterocycles. The minimum Gasteiger partial charge on any atom is -0.489 e. The molecule has 4 heteroatoms.